The molecule has 0 saturated carbocycles. The molecule has 35 heavy (non-hydrogen) atoms. The minimum Gasteiger partial charge on any atom is -0.491 e. The van der Waals surface area contributed by atoms with Crippen LogP contribution in [0.25, 0.3) is 10.9 Å². The van der Waals surface area contributed by atoms with Crippen LogP contribution in [0.3, 0.4) is 0 Å². The van der Waals surface area contributed by atoms with Crippen LogP contribution in [0.4, 0.5) is 0 Å². The Morgan fingerprint density at radius 2 is 1.74 bits per heavy atom. The number of hydrogen-bond donors (Lipinski definition) is 1. The Kier molecular flexibility index (Phi) is 7.82. The quantitative estimate of drug-likeness (QED) is 0.457. The number of sulfonamides is 1. The first-order valence-electron chi connectivity index (χ1n) is 12.4. The Hall–Kier alpha value is -2.84. The topological polar surface area (TPSA) is 80.6 Å². The lowest BCUT2D eigenvalue weighted by atomic mass is 10.1. The zero-order chi connectivity index (χ0) is 25.0. The Balaban J connectivity index is 1.47. The van der Waals surface area contributed by atoms with Crippen LogP contribution in [-0.4, -0.2) is 42.4 Å². The maximum Gasteiger partial charge on any atom is 0.243 e. The van der Waals surface area contributed by atoms with Crippen molar-refractivity contribution in [2.45, 2.75) is 70.0 Å². The molecule has 1 N–H and O–H groups in total. The average Bonchev–Trinajstić information content (AvgIpc) is 3.27. The van der Waals surface area contributed by atoms with Gasteiger partial charge in [0, 0.05) is 36.7 Å². The number of ether oxygens (including phenoxy) is 1. The molecule has 1 fully saturated rings. The fraction of sp³-hybridized carbons (Fsp3) is 0.444. The van der Waals surface area contributed by atoms with Crippen molar-refractivity contribution in [1.29, 1.82) is 0 Å². The second kappa shape index (κ2) is 10.8. The van der Waals surface area contributed by atoms with Gasteiger partial charge in [-0.25, -0.2) is 8.42 Å². The van der Waals surface area contributed by atoms with E-state index in [1.165, 1.54) is 0 Å². The van der Waals surface area contributed by atoms with E-state index in [-0.39, 0.29) is 18.1 Å². The monoisotopic (exact) mass is 497 g/mol. The molecule has 2 heterocycles. The van der Waals surface area contributed by atoms with Crippen LogP contribution in [0.15, 0.2) is 59.6 Å². The predicted molar refractivity (Wildman–Crippen MR) is 138 cm³/mol. The van der Waals surface area contributed by atoms with E-state index in [0.717, 1.165) is 41.5 Å². The Bertz CT molecular complexity index is 1260. The van der Waals surface area contributed by atoms with Crippen LogP contribution < -0.4 is 10.1 Å². The number of hydrogen-bond acceptors (Lipinski definition) is 4. The summed E-state index contributed by atoms with van der Waals surface area (Å²) in [4.78, 5) is 13.4. The fourth-order valence-corrected chi connectivity index (χ4v) is 6.16. The molecule has 1 aliphatic heterocycles. The molecule has 0 spiro atoms. The van der Waals surface area contributed by atoms with Gasteiger partial charge in [0.05, 0.1) is 11.0 Å². The van der Waals surface area contributed by atoms with Crippen LogP contribution in [0.2, 0.25) is 0 Å². The van der Waals surface area contributed by atoms with Crippen molar-refractivity contribution in [3.8, 4) is 5.75 Å². The van der Waals surface area contributed by atoms with E-state index in [1.54, 1.807) is 16.4 Å². The summed E-state index contributed by atoms with van der Waals surface area (Å²) in [7, 11) is -3.50. The molecule has 1 atom stereocenters. The predicted octanol–water partition coefficient (Wildman–Crippen LogP) is 4.87. The molecular weight excluding hydrogens is 462 g/mol. The summed E-state index contributed by atoms with van der Waals surface area (Å²) in [5.74, 6) is 0.736. The van der Waals surface area contributed by atoms with Gasteiger partial charge >= 0.3 is 0 Å². The molecule has 3 aromatic rings. The number of rotatable bonds is 9. The number of aromatic nitrogens is 1. The summed E-state index contributed by atoms with van der Waals surface area (Å²) in [6, 6.07) is 14.4. The summed E-state index contributed by atoms with van der Waals surface area (Å²) >= 11 is 0. The van der Waals surface area contributed by atoms with E-state index < -0.39 is 10.0 Å². The zero-order valence-electron chi connectivity index (χ0n) is 20.7. The van der Waals surface area contributed by atoms with Gasteiger partial charge in [-0.3, -0.25) is 4.79 Å². The lowest BCUT2D eigenvalue weighted by molar-refractivity contribution is -0.124. The van der Waals surface area contributed by atoms with Crippen molar-refractivity contribution in [1.82, 2.24) is 14.2 Å². The minimum absolute atomic E-state index is 0.0717. The maximum atomic E-state index is 13.1. The summed E-state index contributed by atoms with van der Waals surface area (Å²) < 4.78 is 35.3. The maximum absolute atomic E-state index is 13.1. The third kappa shape index (κ3) is 5.70. The van der Waals surface area contributed by atoms with E-state index in [1.807, 2.05) is 67.9 Å². The SMILES string of the molecule is CC[C@H](C(=O)NCc1ccc(OC(C)C)cc1)n1ccc2cc(S(=O)(=O)N3CCCCC3)ccc21. The lowest BCUT2D eigenvalue weighted by Gasteiger charge is -2.26. The van der Waals surface area contributed by atoms with Crippen LogP contribution in [0.5, 0.6) is 5.75 Å². The van der Waals surface area contributed by atoms with E-state index in [4.69, 9.17) is 4.74 Å². The van der Waals surface area contributed by atoms with Gasteiger partial charge in [0.1, 0.15) is 11.8 Å². The number of nitrogens with one attached hydrogen (secondary N) is 1. The molecule has 0 radical (unpaired) electrons. The largest absolute Gasteiger partial charge is 0.491 e. The van der Waals surface area contributed by atoms with Gasteiger partial charge in [-0.15, -0.1) is 0 Å². The van der Waals surface area contributed by atoms with Crippen LogP contribution in [0.1, 0.15) is 58.1 Å². The molecule has 0 aliphatic carbocycles. The third-order valence-corrected chi connectivity index (χ3v) is 8.33. The molecule has 1 aromatic heterocycles. The van der Waals surface area contributed by atoms with Gasteiger partial charge in [0.2, 0.25) is 15.9 Å². The molecule has 188 valence electrons. The Labute approximate surface area is 208 Å². The van der Waals surface area contributed by atoms with Gasteiger partial charge in [-0.1, -0.05) is 25.5 Å². The Morgan fingerprint density at radius 3 is 2.40 bits per heavy atom. The molecule has 1 amide bonds. The summed E-state index contributed by atoms with van der Waals surface area (Å²) in [6.45, 7) is 7.52. The van der Waals surface area contributed by atoms with Gasteiger partial charge < -0.3 is 14.6 Å². The summed E-state index contributed by atoms with van der Waals surface area (Å²) in [5.41, 5.74) is 1.84. The van der Waals surface area contributed by atoms with E-state index >= 15 is 0 Å². The first-order valence-corrected chi connectivity index (χ1v) is 13.9. The van der Waals surface area contributed by atoms with Crippen LogP contribution in [-0.2, 0) is 21.4 Å². The van der Waals surface area contributed by atoms with Crippen molar-refractivity contribution in [3.05, 3.63) is 60.3 Å². The second-order valence-corrected chi connectivity index (χ2v) is 11.3. The highest BCUT2D eigenvalue weighted by Gasteiger charge is 2.27. The molecule has 0 unspecified atom stereocenters. The highest BCUT2D eigenvalue weighted by Crippen LogP contribution is 2.27. The fourth-order valence-electron chi connectivity index (χ4n) is 4.60. The lowest BCUT2D eigenvalue weighted by Crippen LogP contribution is -2.35. The summed E-state index contributed by atoms with van der Waals surface area (Å²) in [6.07, 6.45) is 5.48. The van der Waals surface area contributed by atoms with Crippen molar-refractivity contribution < 1.29 is 17.9 Å². The second-order valence-electron chi connectivity index (χ2n) is 9.36. The van der Waals surface area contributed by atoms with E-state index in [9.17, 15) is 13.2 Å². The molecule has 2 aromatic carbocycles. The molecule has 1 aliphatic rings. The number of nitrogens with zero attached hydrogens (tertiary/aromatic N) is 2. The number of fused-ring (bicyclic) bond motifs is 1. The number of carbonyl (C=O) groups is 1. The highest BCUT2D eigenvalue weighted by molar-refractivity contribution is 7.89. The van der Waals surface area contributed by atoms with Crippen molar-refractivity contribution in [2.24, 2.45) is 0 Å². The molecular formula is C27H35N3O4S. The van der Waals surface area contributed by atoms with Crippen LogP contribution in [0, 0.1) is 0 Å². The van der Waals surface area contributed by atoms with Crippen molar-refractivity contribution in [2.75, 3.05) is 13.1 Å². The number of carbonyl (C=O) groups excluding carboxylic acids is 1. The minimum atomic E-state index is -3.50. The molecule has 7 nitrogen and oxygen atoms in total. The van der Waals surface area contributed by atoms with Gasteiger partial charge in [0.15, 0.2) is 0 Å². The number of piperidine rings is 1. The number of benzene rings is 2. The molecule has 0 bridgehead atoms. The normalized spacial score (nSPS) is 15.9. The van der Waals surface area contributed by atoms with Crippen LogP contribution >= 0.6 is 0 Å². The van der Waals surface area contributed by atoms with Crippen molar-refractivity contribution >= 4 is 26.8 Å². The van der Waals surface area contributed by atoms with Gasteiger partial charge in [0.25, 0.3) is 0 Å². The van der Waals surface area contributed by atoms with Crippen molar-refractivity contribution in [3.63, 3.8) is 0 Å². The molecule has 1 saturated heterocycles. The van der Waals surface area contributed by atoms with Gasteiger partial charge in [-0.05, 0) is 75.1 Å². The smallest absolute Gasteiger partial charge is 0.243 e. The van der Waals surface area contributed by atoms with Gasteiger partial charge in [-0.2, -0.15) is 4.31 Å². The van der Waals surface area contributed by atoms with E-state index in [0.29, 0.717) is 31.0 Å². The first-order chi connectivity index (χ1) is 16.8. The Morgan fingerprint density at radius 1 is 1.03 bits per heavy atom. The third-order valence-electron chi connectivity index (χ3n) is 6.43. The zero-order valence-corrected chi connectivity index (χ0v) is 21.6. The average molecular weight is 498 g/mol. The molecule has 4 rings (SSSR count). The molecule has 8 heteroatoms. The summed E-state index contributed by atoms with van der Waals surface area (Å²) in [5, 5.41) is 3.85. The highest BCUT2D eigenvalue weighted by atomic mass is 32.2. The van der Waals surface area contributed by atoms with E-state index in [2.05, 4.69) is 5.32 Å². The number of amides is 1. The standard InChI is InChI=1S/C27H35N3O4S/c1-4-25(27(31)28-19-21-8-10-23(11-9-21)34-20(2)3)30-17-14-22-18-24(12-13-26(22)30)35(32,33)29-15-6-5-7-16-29/h8-14,17-18,20,25H,4-7,15-16,19H2,1-3H3,(H,28,31)/t25-/m1/s1. The first kappa shape index (κ1) is 25.3.